The summed E-state index contributed by atoms with van der Waals surface area (Å²) in [6.07, 6.45) is 0. The van der Waals surface area contributed by atoms with E-state index in [1.807, 2.05) is 0 Å². The lowest BCUT2D eigenvalue weighted by molar-refractivity contribution is 0.667. The molecule has 7 aromatic rings. The first kappa shape index (κ1) is 22.9. The van der Waals surface area contributed by atoms with E-state index >= 15 is 0 Å². The molecule has 6 aromatic carbocycles. The summed E-state index contributed by atoms with van der Waals surface area (Å²) in [6, 6.07) is 51.9. The summed E-state index contributed by atoms with van der Waals surface area (Å²) in [6.45, 7) is 2.36. The summed E-state index contributed by atoms with van der Waals surface area (Å²) in [4.78, 5) is 2.33. The molecule has 1 aliphatic carbocycles. The molecule has 0 saturated carbocycles. The van der Waals surface area contributed by atoms with Gasteiger partial charge in [-0.1, -0.05) is 97.1 Å². The van der Waals surface area contributed by atoms with Gasteiger partial charge in [-0.15, -0.1) is 0 Å². The average molecular weight is 514 g/mol. The fourth-order valence-corrected chi connectivity index (χ4v) is 6.65. The Balaban J connectivity index is 1.40. The van der Waals surface area contributed by atoms with Crippen molar-refractivity contribution in [2.75, 3.05) is 4.90 Å². The summed E-state index contributed by atoms with van der Waals surface area (Å²) >= 11 is 0. The molecule has 0 unspecified atom stereocenters. The lowest BCUT2D eigenvalue weighted by Crippen LogP contribution is -2.22. The Hall–Kier alpha value is -5.08. The van der Waals surface area contributed by atoms with Crippen LogP contribution in [0.4, 0.5) is 17.1 Å². The standard InChI is InChI=1S/C38H27NO/c1-38(32-19-10-8-17-29(32)30-18-9-11-20-33(30)38)26-23-24-35-31(25-26)37-34(21-12-22-36(37)40-35)39(27-13-4-2-5-14-27)28-15-6-3-7-16-28/h2-25H,1H3. The molecule has 0 aliphatic heterocycles. The molecule has 1 aliphatic rings. The normalized spacial score (nSPS) is 13.3. The minimum atomic E-state index is -0.265. The topological polar surface area (TPSA) is 16.4 Å². The number of hydrogen-bond acceptors (Lipinski definition) is 2. The smallest absolute Gasteiger partial charge is 0.137 e. The Labute approximate surface area is 233 Å². The van der Waals surface area contributed by atoms with Crippen LogP contribution in [0.5, 0.6) is 0 Å². The lowest BCUT2D eigenvalue weighted by atomic mass is 9.74. The van der Waals surface area contributed by atoms with Crippen molar-refractivity contribution in [1.29, 1.82) is 0 Å². The Morgan fingerprint density at radius 2 is 1.10 bits per heavy atom. The molecule has 0 spiro atoms. The number of rotatable bonds is 4. The van der Waals surface area contributed by atoms with Crippen molar-refractivity contribution in [2.45, 2.75) is 12.3 Å². The molecule has 0 radical (unpaired) electrons. The van der Waals surface area contributed by atoms with Gasteiger partial charge in [-0.05, 0) is 83.3 Å². The van der Waals surface area contributed by atoms with Crippen LogP contribution in [0.15, 0.2) is 150 Å². The molecule has 0 amide bonds. The minimum absolute atomic E-state index is 0.265. The van der Waals surface area contributed by atoms with Gasteiger partial charge in [-0.3, -0.25) is 0 Å². The largest absolute Gasteiger partial charge is 0.456 e. The SMILES string of the molecule is CC1(c2ccc3oc4cccc(N(c5ccccc5)c5ccccc5)c4c3c2)c2ccccc2-c2ccccc21. The predicted molar refractivity (Wildman–Crippen MR) is 166 cm³/mol. The van der Waals surface area contributed by atoms with Crippen LogP contribution in [-0.2, 0) is 5.41 Å². The van der Waals surface area contributed by atoms with Gasteiger partial charge in [-0.25, -0.2) is 0 Å². The van der Waals surface area contributed by atoms with Crippen LogP contribution in [0.3, 0.4) is 0 Å². The molecule has 2 nitrogen and oxygen atoms in total. The highest BCUT2D eigenvalue weighted by molar-refractivity contribution is 6.13. The van der Waals surface area contributed by atoms with Gasteiger partial charge in [0.2, 0.25) is 0 Å². The fourth-order valence-electron chi connectivity index (χ4n) is 6.65. The van der Waals surface area contributed by atoms with Crippen LogP contribution in [0, 0.1) is 0 Å². The Morgan fingerprint density at radius 3 is 1.73 bits per heavy atom. The van der Waals surface area contributed by atoms with Gasteiger partial charge in [0.1, 0.15) is 11.2 Å². The summed E-state index contributed by atoms with van der Waals surface area (Å²) in [7, 11) is 0. The lowest BCUT2D eigenvalue weighted by Gasteiger charge is -2.28. The number of fused-ring (bicyclic) bond motifs is 6. The summed E-state index contributed by atoms with van der Waals surface area (Å²) < 4.78 is 6.48. The Morgan fingerprint density at radius 1 is 0.525 bits per heavy atom. The summed E-state index contributed by atoms with van der Waals surface area (Å²) in [5.74, 6) is 0. The second-order valence-corrected chi connectivity index (χ2v) is 10.7. The number of nitrogens with zero attached hydrogens (tertiary/aromatic N) is 1. The monoisotopic (exact) mass is 513 g/mol. The van der Waals surface area contributed by atoms with Gasteiger partial charge in [0, 0.05) is 22.2 Å². The van der Waals surface area contributed by atoms with E-state index in [9.17, 15) is 0 Å². The molecule has 0 bridgehead atoms. The van der Waals surface area contributed by atoms with Crippen LogP contribution in [0.1, 0.15) is 23.6 Å². The molecule has 40 heavy (non-hydrogen) atoms. The Kier molecular flexibility index (Phi) is 4.99. The quantitative estimate of drug-likeness (QED) is 0.233. The van der Waals surface area contributed by atoms with Crippen LogP contribution in [0.25, 0.3) is 33.1 Å². The molecule has 190 valence electrons. The van der Waals surface area contributed by atoms with E-state index in [1.54, 1.807) is 0 Å². The molecule has 1 aromatic heterocycles. The molecule has 0 saturated heterocycles. The van der Waals surface area contributed by atoms with Crippen molar-refractivity contribution in [3.63, 3.8) is 0 Å². The molecule has 8 rings (SSSR count). The number of hydrogen-bond donors (Lipinski definition) is 0. The third-order valence-corrected chi connectivity index (χ3v) is 8.54. The predicted octanol–water partition coefficient (Wildman–Crippen LogP) is 10.4. The third-order valence-electron chi connectivity index (χ3n) is 8.54. The van der Waals surface area contributed by atoms with E-state index in [2.05, 4.69) is 157 Å². The summed E-state index contributed by atoms with van der Waals surface area (Å²) in [5, 5.41) is 2.25. The van der Waals surface area contributed by atoms with Crippen LogP contribution >= 0.6 is 0 Å². The maximum absolute atomic E-state index is 6.48. The molecule has 1 heterocycles. The number of anilines is 3. The first-order valence-electron chi connectivity index (χ1n) is 13.8. The zero-order valence-electron chi connectivity index (χ0n) is 22.2. The Bertz CT molecular complexity index is 1940. The van der Waals surface area contributed by atoms with Crippen molar-refractivity contribution in [1.82, 2.24) is 0 Å². The molecule has 2 heteroatoms. The van der Waals surface area contributed by atoms with E-state index < -0.39 is 0 Å². The molecule has 0 atom stereocenters. The van der Waals surface area contributed by atoms with Gasteiger partial charge in [0.05, 0.1) is 11.1 Å². The van der Waals surface area contributed by atoms with Crippen molar-refractivity contribution in [3.05, 3.63) is 162 Å². The first-order chi connectivity index (χ1) is 19.7. The highest BCUT2D eigenvalue weighted by Gasteiger charge is 2.40. The molecular formula is C38H27NO. The first-order valence-corrected chi connectivity index (χ1v) is 13.8. The zero-order chi connectivity index (χ0) is 26.7. The average Bonchev–Trinajstić information content (AvgIpc) is 3.52. The maximum atomic E-state index is 6.48. The van der Waals surface area contributed by atoms with E-state index in [-0.39, 0.29) is 5.41 Å². The van der Waals surface area contributed by atoms with Crippen LogP contribution < -0.4 is 4.90 Å². The molecule has 0 fully saturated rings. The van der Waals surface area contributed by atoms with Crippen molar-refractivity contribution >= 4 is 39.0 Å². The van der Waals surface area contributed by atoms with Crippen molar-refractivity contribution in [2.24, 2.45) is 0 Å². The van der Waals surface area contributed by atoms with Gasteiger partial charge in [0.25, 0.3) is 0 Å². The number of furan rings is 1. The highest BCUT2D eigenvalue weighted by Crippen LogP contribution is 2.53. The van der Waals surface area contributed by atoms with Gasteiger partial charge in [0.15, 0.2) is 0 Å². The van der Waals surface area contributed by atoms with Crippen LogP contribution in [-0.4, -0.2) is 0 Å². The second-order valence-electron chi connectivity index (χ2n) is 10.7. The summed E-state index contributed by atoms with van der Waals surface area (Å²) in [5.41, 5.74) is 11.4. The minimum Gasteiger partial charge on any atom is -0.456 e. The van der Waals surface area contributed by atoms with E-state index in [0.717, 1.165) is 39.0 Å². The maximum Gasteiger partial charge on any atom is 0.137 e. The molecule has 0 N–H and O–H groups in total. The fraction of sp³-hybridized carbons (Fsp3) is 0.0526. The number of para-hydroxylation sites is 2. The second kappa shape index (κ2) is 8.72. The van der Waals surface area contributed by atoms with Crippen LogP contribution in [0.2, 0.25) is 0 Å². The highest BCUT2D eigenvalue weighted by atomic mass is 16.3. The van der Waals surface area contributed by atoms with Crippen molar-refractivity contribution < 1.29 is 4.42 Å². The van der Waals surface area contributed by atoms with Gasteiger partial charge >= 0.3 is 0 Å². The number of benzene rings is 6. The zero-order valence-corrected chi connectivity index (χ0v) is 22.2. The molecular weight excluding hydrogens is 486 g/mol. The van der Waals surface area contributed by atoms with Gasteiger partial charge in [-0.2, -0.15) is 0 Å². The van der Waals surface area contributed by atoms with E-state index in [1.165, 1.54) is 27.8 Å². The van der Waals surface area contributed by atoms with E-state index in [4.69, 9.17) is 4.42 Å². The van der Waals surface area contributed by atoms with Gasteiger partial charge < -0.3 is 9.32 Å². The third kappa shape index (κ3) is 3.23. The van der Waals surface area contributed by atoms with Crippen molar-refractivity contribution in [3.8, 4) is 11.1 Å². The van der Waals surface area contributed by atoms with E-state index in [0.29, 0.717) is 0 Å².